The van der Waals surface area contributed by atoms with Crippen LogP contribution in [0.4, 0.5) is 0 Å². The second kappa shape index (κ2) is 6.93. The molecule has 0 aliphatic rings. The van der Waals surface area contributed by atoms with Crippen LogP contribution in [0.25, 0.3) is 0 Å². The van der Waals surface area contributed by atoms with Crippen LogP contribution >= 0.6 is 22.6 Å². The van der Waals surface area contributed by atoms with E-state index in [1.807, 2.05) is 24.6 Å². The van der Waals surface area contributed by atoms with Crippen molar-refractivity contribution in [2.24, 2.45) is 0 Å². The summed E-state index contributed by atoms with van der Waals surface area (Å²) in [7, 11) is 0. The smallest absolute Gasteiger partial charge is 0.255 e. The summed E-state index contributed by atoms with van der Waals surface area (Å²) in [5.74, 6) is -0.245. The summed E-state index contributed by atoms with van der Waals surface area (Å²) in [6, 6.07) is 7.00. The van der Waals surface area contributed by atoms with Gasteiger partial charge in [0.15, 0.2) is 0 Å². The first-order valence-corrected chi connectivity index (χ1v) is 7.83. The normalized spacial score (nSPS) is 10.6. The molecule has 5 nitrogen and oxygen atoms in total. The summed E-state index contributed by atoms with van der Waals surface area (Å²) in [5, 5.41) is 16.9. The van der Waals surface area contributed by atoms with Gasteiger partial charge in [0.25, 0.3) is 5.91 Å². The molecule has 0 aliphatic heterocycles. The van der Waals surface area contributed by atoms with Gasteiger partial charge in [-0.15, -0.1) is 0 Å². The number of nitrogens with zero attached hydrogens (tertiary/aromatic N) is 2. The fourth-order valence-corrected chi connectivity index (χ4v) is 2.61. The molecule has 21 heavy (non-hydrogen) atoms. The average Bonchev–Trinajstić information content (AvgIpc) is 2.75. The number of carbonyl (C=O) groups excluding carboxylic acids is 1. The number of hydrogen-bond donors (Lipinski definition) is 2. The van der Waals surface area contributed by atoms with Crippen molar-refractivity contribution < 1.29 is 9.90 Å². The van der Waals surface area contributed by atoms with Gasteiger partial charge in [0.2, 0.25) is 0 Å². The molecule has 0 fully saturated rings. The second-order valence-electron chi connectivity index (χ2n) is 4.92. The SMILES string of the molecule is Cc1cc(C)n(CCCNC(=O)c2cc(I)ccc2O)n1. The average molecular weight is 399 g/mol. The van der Waals surface area contributed by atoms with Gasteiger partial charge in [-0.05, 0) is 67.1 Å². The van der Waals surface area contributed by atoms with Crippen molar-refractivity contribution in [1.82, 2.24) is 15.1 Å². The van der Waals surface area contributed by atoms with E-state index in [1.165, 1.54) is 6.07 Å². The Labute approximate surface area is 137 Å². The van der Waals surface area contributed by atoms with Crippen LogP contribution in [-0.2, 0) is 6.54 Å². The van der Waals surface area contributed by atoms with E-state index in [0.29, 0.717) is 12.1 Å². The maximum atomic E-state index is 12.0. The van der Waals surface area contributed by atoms with Gasteiger partial charge in [0, 0.05) is 22.4 Å². The van der Waals surface area contributed by atoms with E-state index in [-0.39, 0.29) is 11.7 Å². The molecule has 0 unspecified atom stereocenters. The Bertz CT molecular complexity index is 652. The Balaban J connectivity index is 1.84. The minimum absolute atomic E-state index is 0.00598. The third kappa shape index (κ3) is 4.20. The van der Waals surface area contributed by atoms with Crippen molar-refractivity contribution >= 4 is 28.5 Å². The molecule has 1 heterocycles. The van der Waals surface area contributed by atoms with E-state index < -0.39 is 0 Å². The summed E-state index contributed by atoms with van der Waals surface area (Å²) in [6.07, 6.45) is 0.790. The summed E-state index contributed by atoms with van der Waals surface area (Å²) < 4.78 is 2.85. The van der Waals surface area contributed by atoms with Gasteiger partial charge >= 0.3 is 0 Å². The highest BCUT2D eigenvalue weighted by Gasteiger charge is 2.11. The van der Waals surface area contributed by atoms with Gasteiger partial charge < -0.3 is 10.4 Å². The second-order valence-corrected chi connectivity index (χ2v) is 6.17. The van der Waals surface area contributed by atoms with Gasteiger partial charge in [0.1, 0.15) is 5.75 Å². The highest BCUT2D eigenvalue weighted by Crippen LogP contribution is 2.19. The number of nitrogens with one attached hydrogen (secondary N) is 1. The molecule has 2 rings (SSSR count). The maximum Gasteiger partial charge on any atom is 0.255 e. The summed E-state index contributed by atoms with van der Waals surface area (Å²) in [4.78, 5) is 12.0. The predicted octanol–water partition coefficient (Wildman–Crippen LogP) is 2.63. The number of aryl methyl sites for hydroxylation is 3. The standard InChI is InChI=1S/C15H18IN3O2/c1-10-8-11(2)19(18-10)7-3-6-17-15(21)13-9-12(16)4-5-14(13)20/h4-5,8-9,20H,3,6-7H2,1-2H3,(H,17,21). The molecule has 0 saturated heterocycles. The van der Waals surface area contributed by atoms with Gasteiger partial charge in [-0.25, -0.2) is 0 Å². The molecule has 2 aromatic rings. The number of phenols is 1. The van der Waals surface area contributed by atoms with E-state index in [1.54, 1.807) is 12.1 Å². The van der Waals surface area contributed by atoms with E-state index in [9.17, 15) is 9.90 Å². The minimum atomic E-state index is -0.251. The molecule has 1 amide bonds. The van der Waals surface area contributed by atoms with E-state index >= 15 is 0 Å². The lowest BCUT2D eigenvalue weighted by Crippen LogP contribution is -2.25. The van der Waals surface area contributed by atoms with Crippen molar-refractivity contribution in [1.29, 1.82) is 0 Å². The molecule has 0 bridgehead atoms. The first-order chi connectivity index (χ1) is 9.97. The molecule has 0 atom stereocenters. The van der Waals surface area contributed by atoms with Crippen LogP contribution in [0.5, 0.6) is 5.75 Å². The largest absolute Gasteiger partial charge is 0.507 e. The summed E-state index contributed by atoms with van der Waals surface area (Å²) in [6.45, 7) is 5.29. The number of carbonyl (C=O) groups is 1. The third-order valence-corrected chi connectivity index (χ3v) is 3.81. The molecule has 0 saturated carbocycles. The van der Waals surface area contributed by atoms with Crippen LogP contribution in [0.3, 0.4) is 0 Å². The summed E-state index contributed by atoms with van der Waals surface area (Å²) >= 11 is 2.11. The number of aromatic nitrogens is 2. The fraction of sp³-hybridized carbons (Fsp3) is 0.333. The highest BCUT2D eigenvalue weighted by atomic mass is 127. The zero-order chi connectivity index (χ0) is 15.4. The summed E-state index contributed by atoms with van der Waals surface area (Å²) in [5.41, 5.74) is 2.43. The maximum absolute atomic E-state index is 12.0. The molecule has 2 N–H and O–H groups in total. The monoisotopic (exact) mass is 399 g/mol. The molecule has 112 valence electrons. The lowest BCUT2D eigenvalue weighted by atomic mass is 10.2. The Morgan fingerprint density at radius 1 is 1.38 bits per heavy atom. The van der Waals surface area contributed by atoms with Crippen molar-refractivity contribution in [2.45, 2.75) is 26.8 Å². The molecule has 0 spiro atoms. The molecule has 0 radical (unpaired) electrons. The predicted molar refractivity (Wildman–Crippen MR) is 89.5 cm³/mol. The first kappa shape index (κ1) is 15.8. The van der Waals surface area contributed by atoms with Crippen LogP contribution in [-0.4, -0.2) is 27.3 Å². The number of phenolic OH excluding ortho intramolecular Hbond substituents is 1. The van der Waals surface area contributed by atoms with Crippen LogP contribution < -0.4 is 5.32 Å². The van der Waals surface area contributed by atoms with Gasteiger partial charge in [0.05, 0.1) is 11.3 Å². The molecule has 0 aliphatic carbocycles. The molecule has 6 heteroatoms. The van der Waals surface area contributed by atoms with Crippen molar-refractivity contribution in [3.8, 4) is 5.75 Å². The number of rotatable bonds is 5. The van der Waals surface area contributed by atoms with E-state index in [0.717, 1.165) is 27.9 Å². The van der Waals surface area contributed by atoms with Gasteiger partial charge in [-0.1, -0.05) is 0 Å². The van der Waals surface area contributed by atoms with Crippen LogP contribution in [0.15, 0.2) is 24.3 Å². The third-order valence-electron chi connectivity index (χ3n) is 3.14. The molecular formula is C15H18IN3O2. The Morgan fingerprint density at radius 2 is 2.14 bits per heavy atom. The highest BCUT2D eigenvalue weighted by molar-refractivity contribution is 14.1. The van der Waals surface area contributed by atoms with Crippen molar-refractivity contribution in [3.63, 3.8) is 0 Å². The van der Waals surface area contributed by atoms with E-state index in [4.69, 9.17) is 0 Å². The van der Waals surface area contributed by atoms with Crippen LogP contribution in [0, 0.1) is 17.4 Å². The number of halogens is 1. The topological polar surface area (TPSA) is 67.2 Å². The molecule has 1 aromatic carbocycles. The van der Waals surface area contributed by atoms with Crippen molar-refractivity contribution in [2.75, 3.05) is 6.54 Å². The Hall–Kier alpha value is -1.57. The zero-order valence-electron chi connectivity index (χ0n) is 12.1. The van der Waals surface area contributed by atoms with E-state index in [2.05, 4.69) is 33.0 Å². The van der Waals surface area contributed by atoms with Gasteiger partial charge in [-0.3, -0.25) is 9.48 Å². The molecular weight excluding hydrogens is 381 g/mol. The lowest BCUT2D eigenvalue weighted by Gasteiger charge is -2.08. The Kier molecular flexibility index (Phi) is 5.22. The fourth-order valence-electron chi connectivity index (χ4n) is 2.12. The quantitative estimate of drug-likeness (QED) is 0.600. The molecule has 1 aromatic heterocycles. The van der Waals surface area contributed by atoms with Crippen molar-refractivity contribution in [3.05, 3.63) is 44.8 Å². The number of aromatic hydroxyl groups is 1. The minimum Gasteiger partial charge on any atom is -0.507 e. The number of hydrogen-bond acceptors (Lipinski definition) is 3. The van der Waals surface area contributed by atoms with Gasteiger partial charge in [-0.2, -0.15) is 5.10 Å². The zero-order valence-corrected chi connectivity index (χ0v) is 14.2. The number of benzene rings is 1. The number of amides is 1. The Morgan fingerprint density at radius 3 is 2.81 bits per heavy atom. The van der Waals surface area contributed by atoms with Crippen LogP contribution in [0.1, 0.15) is 28.2 Å². The van der Waals surface area contributed by atoms with Crippen LogP contribution in [0.2, 0.25) is 0 Å². The lowest BCUT2D eigenvalue weighted by molar-refractivity contribution is 0.0950. The first-order valence-electron chi connectivity index (χ1n) is 6.75.